The molecule has 0 fully saturated rings. The average Bonchev–Trinajstić information content (AvgIpc) is 2.29. The van der Waals surface area contributed by atoms with Crippen molar-refractivity contribution in [2.24, 2.45) is 0 Å². The Bertz CT molecular complexity index is 386. The van der Waals surface area contributed by atoms with E-state index in [2.05, 4.69) is 6.58 Å². The SMILES string of the molecule is C=CCCCC(=O)c1cc(Cl)ccc1OC. The third kappa shape index (κ3) is 3.38. The van der Waals surface area contributed by atoms with Gasteiger partial charge in [-0.1, -0.05) is 17.7 Å². The molecule has 0 saturated heterocycles. The normalized spacial score (nSPS) is 9.88. The van der Waals surface area contributed by atoms with E-state index >= 15 is 0 Å². The van der Waals surface area contributed by atoms with Gasteiger partial charge in [-0.2, -0.15) is 0 Å². The topological polar surface area (TPSA) is 26.3 Å². The van der Waals surface area contributed by atoms with Crippen LogP contribution >= 0.6 is 11.6 Å². The van der Waals surface area contributed by atoms with E-state index in [-0.39, 0.29) is 5.78 Å². The van der Waals surface area contributed by atoms with Crippen LogP contribution in [0, 0.1) is 0 Å². The number of Topliss-reactive ketones (excluding diaryl/α,β-unsaturated/α-hetero) is 1. The Morgan fingerprint density at radius 3 is 2.94 bits per heavy atom. The predicted octanol–water partition coefficient (Wildman–Crippen LogP) is 3.89. The van der Waals surface area contributed by atoms with Gasteiger partial charge in [0, 0.05) is 11.4 Å². The van der Waals surface area contributed by atoms with Gasteiger partial charge in [-0.05, 0) is 31.0 Å². The zero-order valence-corrected chi connectivity index (χ0v) is 10.1. The maximum atomic E-state index is 11.9. The summed E-state index contributed by atoms with van der Waals surface area (Å²) in [5, 5.41) is 0.549. The van der Waals surface area contributed by atoms with Crippen molar-refractivity contribution in [1.29, 1.82) is 0 Å². The fraction of sp³-hybridized carbons (Fsp3) is 0.308. The van der Waals surface area contributed by atoms with Gasteiger partial charge in [0.05, 0.1) is 12.7 Å². The van der Waals surface area contributed by atoms with Crippen LogP contribution in [-0.4, -0.2) is 12.9 Å². The van der Waals surface area contributed by atoms with Gasteiger partial charge in [0.1, 0.15) is 5.75 Å². The Hall–Kier alpha value is -1.28. The van der Waals surface area contributed by atoms with Crippen LogP contribution in [-0.2, 0) is 0 Å². The fourth-order valence-corrected chi connectivity index (χ4v) is 1.61. The molecule has 0 aliphatic carbocycles. The van der Waals surface area contributed by atoms with E-state index in [1.165, 1.54) is 0 Å². The van der Waals surface area contributed by atoms with Crippen molar-refractivity contribution < 1.29 is 9.53 Å². The van der Waals surface area contributed by atoms with Crippen molar-refractivity contribution in [3.63, 3.8) is 0 Å². The van der Waals surface area contributed by atoms with E-state index in [4.69, 9.17) is 16.3 Å². The number of allylic oxidation sites excluding steroid dienone is 1. The van der Waals surface area contributed by atoms with Crippen LogP contribution in [0.25, 0.3) is 0 Å². The summed E-state index contributed by atoms with van der Waals surface area (Å²) in [6, 6.07) is 5.07. The van der Waals surface area contributed by atoms with E-state index in [0.717, 1.165) is 12.8 Å². The number of rotatable bonds is 6. The van der Waals surface area contributed by atoms with Gasteiger partial charge in [0.2, 0.25) is 0 Å². The first-order valence-corrected chi connectivity index (χ1v) is 5.54. The van der Waals surface area contributed by atoms with E-state index in [9.17, 15) is 4.79 Å². The first kappa shape index (κ1) is 12.8. The van der Waals surface area contributed by atoms with E-state index in [0.29, 0.717) is 22.8 Å². The molecule has 0 heterocycles. The van der Waals surface area contributed by atoms with Crippen LogP contribution in [0.5, 0.6) is 5.75 Å². The second kappa shape index (κ2) is 6.33. The maximum Gasteiger partial charge on any atom is 0.166 e. The Labute approximate surface area is 101 Å². The summed E-state index contributed by atoms with van der Waals surface area (Å²) in [4.78, 5) is 11.9. The number of methoxy groups -OCH3 is 1. The van der Waals surface area contributed by atoms with Crippen molar-refractivity contribution in [1.82, 2.24) is 0 Å². The molecule has 0 bridgehead atoms. The lowest BCUT2D eigenvalue weighted by molar-refractivity contribution is 0.0977. The molecule has 3 heteroatoms. The monoisotopic (exact) mass is 238 g/mol. The highest BCUT2D eigenvalue weighted by Gasteiger charge is 2.12. The Morgan fingerprint density at radius 2 is 2.31 bits per heavy atom. The highest BCUT2D eigenvalue weighted by atomic mass is 35.5. The minimum atomic E-state index is 0.0567. The Kier molecular flexibility index (Phi) is 5.06. The largest absolute Gasteiger partial charge is 0.496 e. The summed E-state index contributed by atoms with van der Waals surface area (Å²) < 4.78 is 5.13. The van der Waals surface area contributed by atoms with E-state index in [1.807, 2.05) is 6.08 Å². The van der Waals surface area contributed by atoms with Gasteiger partial charge in [-0.15, -0.1) is 6.58 Å². The summed E-state index contributed by atoms with van der Waals surface area (Å²) in [5.74, 6) is 0.634. The molecule has 1 aromatic carbocycles. The van der Waals surface area contributed by atoms with Crippen LogP contribution in [0.15, 0.2) is 30.9 Å². The average molecular weight is 239 g/mol. The standard InChI is InChI=1S/C13H15ClO2/c1-3-4-5-6-12(15)11-9-10(14)7-8-13(11)16-2/h3,7-9H,1,4-6H2,2H3. The van der Waals surface area contributed by atoms with E-state index in [1.54, 1.807) is 25.3 Å². The highest BCUT2D eigenvalue weighted by molar-refractivity contribution is 6.31. The molecule has 0 N–H and O–H groups in total. The van der Waals surface area contributed by atoms with Crippen LogP contribution in [0.2, 0.25) is 5.02 Å². The predicted molar refractivity (Wildman–Crippen MR) is 66.4 cm³/mol. The van der Waals surface area contributed by atoms with Crippen molar-refractivity contribution in [2.45, 2.75) is 19.3 Å². The van der Waals surface area contributed by atoms with Crippen LogP contribution in [0.4, 0.5) is 0 Å². The summed E-state index contributed by atoms with van der Waals surface area (Å²) in [6.45, 7) is 3.62. The third-order valence-electron chi connectivity index (χ3n) is 2.27. The zero-order valence-electron chi connectivity index (χ0n) is 9.33. The molecule has 1 aromatic rings. The molecule has 0 aromatic heterocycles. The molecule has 0 aliphatic heterocycles. The lowest BCUT2D eigenvalue weighted by Gasteiger charge is -2.07. The maximum absolute atomic E-state index is 11.9. The highest BCUT2D eigenvalue weighted by Crippen LogP contribution is 2.24. The Balaban J connectivity index is 2.80. The van der Waals surface area contributed by atoms with Gasteiger partial charge < -0.3 is 4.74 Å². The number of hydrogen-bond acceptors (Lipinski definition) is 2. The van der Waals surface area contributed by atoms with Crippen molar-refractivity contribution in [3.8, 4) is 5.75 Å². The molecule has 0 aliphatic rings. The molecule has 1 rings (SSSR count). The lowest BCUT2D eigenvalue weighted by Crippen LogP contribution is -2.02. The van der Waals surface area contributed by atoms with E-state index < -0.39 is 0 Å². The third-order valence-corrected chi connectivity index (χ3v) is 2.51. The number of carbonyl (C=O) groups is 1. The molecule has 0 atom stereocenters. The van der Waals surface area contributed by atoms with Crippen molar-refractivity contribution in [2.75, 3.05) is 7.11 Å². The first-order chi connectivity index (χ1) is 7.69. The summed E-state index contributed by atoms with van der Waals surface area (Å²) in [5.41, 5.74) is 0.555. The molecule has 0 amide bonds. The number of unbranched alkanes of at least 4 members (excludes halogenated alkanes) is 1. The summed E-state index contributed by atoms with van der Waals surface area (Å²) in [6.07, 6.45) is 3.94. The van der Waals surface area contributed by atoms with Crippen LogP contribution < -0.4 is 4.74 Å². The molecule has 16 heavy (non-hydrogen) atoms. The summed E-state index contributed by atoms with van der Waals surface area (Å²) in [7, 11) is 1.55. The number of halogens is 1. The van der Waals surface area contributed by atoms with Crippen LogP contribution in [0.1, 0.15) is 29.6 Å². The molecule has 0 radical (unpaired) electrons. The van der Waals surface area contributed by atoms with Gasteiger partial charge in [-0.3, -0.25) is 4.79 Å². The van der Waals surface area contributed by atoms with Gasteiger partial charge >= 0.3 is 0 Å². The van der Waals surface area contributed by atoms with Crippen LogP contribution in [0.3, 0.4) is 0 Å². The molecular formula is C13H15ClO2. The quantitative estimate of drug-likeness (QED) is 0.427. The Morgan fingerprint density at radius 1 is 1.56 bits per heavy atom. The van der Waals surface area contributed by atoms with Gasteiger partial charge in [0.15, 0.2) is 5.78 Å². The second-order valence-corrected chi connectivity index (χ2v) is 3.89. The van der Waals surface area contributed by atoms with Crippen molar-refractivity contribution >= 4 is 17.4 Å². The van der Waals surface area contributed by atoms with Gasteiger partial charge in [0.25, 0.3) is 0 Å². The van der Waals surface area contributed by atoms with Gasteiger partial charge in [-0.25, -0.2) is 0 Å². The number of carbonyl (C=O) groups excluding carboxylic acids is 1. The number of benzene rings is 1. The molecule has 2 nitrogen and oxygen atoms in total. The first-order valence-electron chi connectivity index (χ1n) is 5.16. The molecule has 0 spiro atoms. The summed E-state index contributed by atoms with van der Waals surface area (Å²) >= 11 is 5.86. The van der Waals surface area contributed by atoms with Crippen molar-refractivity contribution in [3.05, 3.63) is 41.4 Å². The molecule has 0 unspecified atom stereocenters. The minimum absolute atomic E-state index is 0.0567. The number of hydrogen-bond donors (Lipinski definition) is 0. The molecule has 0 saturated carbocycles. The molecular weight excluding hydrogens is 224 g/mol. The number of ketones is 1. The zero-order chi connectivity index (χ0) is 12.0. The fourth-order valence-electron chi connectivity index (χ4n) is 1.44. The minimum Gasteiger partial charge on any atom is -0.496 e. The second-order valence-electron chi connectivity index (χ2n) is 3.45. The smallest absolute Gasteiger partial charge is 0.166 e. The number of ether oxygens (including phenoxy) is 1. The molecule has 86 valence electrons. The lowest BCUT2D eigenvalue weighted by atomic mass is 10.0.